The van der Waals surface area contributed by atoms with E-state index in [1.165, 1.54) is 19.2 Å². The highest BCUT2D eigenvalue weighted by Crippen LogP contribution is 2.47. The van der Waals surface area contributed by atoms with Crippen LogP contribution in [-0.2, 0) is 14.7 Å². The van der Waals surface area contributed by atoms with Crippen LogP contribution in [0.2, 0.25) is 6.32 Å². The molecule has 1 saturated heterocycles. The molecule has 36 heavy (non-hydrogen) atoms. The van der Waals surface area contributed by atoms with Gasteiger partial charge in [-0.15, -0.1) is 0 Å². The third kappa shape index (κ3) is 5.28. The van der Waals surface area contributed by atoms with Crippen molar-refractivity contribution < 1.29 is 31.7 Å². The van der Waals surface area contributed by atoms with Crippen molar-refractivity contribution in [2.24, 2.45) is 5.92 Å². The molecule has 0 bridgehead atoms. The number of carbonyl (C=O) groups is 1. The molecule has 1 aliphatic heterocycles. The summed E-state index contributed by atoms with van der Waals surface area (Å²) in [7, 11) is -2.90. The Balaban J connectivity index is 1.48. The van der Waals surface area contributed by atoms with E-state index >= 15 is 0 Å². The zero-order chi connectivity index (χ0) is 25.4. The summed E-state index contributed by atoms with van der Waals surface area (Å²) in [5.74, 6) is -0.244. The number of sulfonamides is 1. The Kier molecular flexibility index (Phi) is 6.80. The van der Waals surface area contributed by atoms with Gasteiger partial charge in [0, 0.05) is 30.7 Å². The van der Waals surface area contributed by atoms with Crippen LogP contribution < -0.4 is 10.0 Å². The van der Waals surface area contributed by atoms with E-state index in [9.17, 15) is 22.6 Å². The fourth-order valence-electron chi connectivity index (χ4n) is 4.70. The number of nitrogens with one attached hydrogen (secondary N) is 2. The van der Waals surface area contributed by atoms with Gasteiger partial charge in [-0.1, -0.05) is 0 Å². The molecular formula is C25H28BFN2O6S. The van der Waals surface area contributed by atoms with Gasteiger partial charge in [-0.05, 0) is 79.7 Å². The van der Waals surface area contributed by atoms with E-state index in [-0.39, 0.29) is 23.5 Å². The van der Waals surface area contributed by atoms with E-state index in [1.54, 1.807) is 18.2 Å². The second kappa shape index (κ2) is 9.87. The number of benzene rings is 2. The van der Waals surface area contributed by atoms with Crippen molar-refractivity contribution in [2.45, 2.75) is 37.9 Å². The van der Waals surface area contributed by atoms with Crippen LogP contribution in [0.15, 0.2) is 40.8 Å². The van der Waals surface area contributed by atoms with Crippen LogP contribution in [0.1, 0.15) is 47.5 Å². The summed E-state index contributed by atoms with van der Waals surface area (Å²) in [4.78, 5) is 12.8. The minimum atomic E-state index is -3.66. The van der Waals surface area contributed by atoms with Gasteiger partial charge in [0.1, 0.15) is 17.2 Å². The maximum Gasteiger partial charge on any atom is 0.454 e. The van der Waals surface area contributed by atoms with Crippen molar-refractivity contribution in [3.8, 4) is 11.3 Å². The lowest BCUT2D eigenvalue weighted by molar-refractivity contribution is 0.0964. The molecule has 1 amide bonds. The Morgan fingerprint density at radius 3 is 2.58 bits per heavy atom. The second-order valence-corrected chi connectivity index (χ2v) is 11.4. The molecule has 2 fully saturated rings. The molecule has 1 unspecified atom stereocenters. The van der Waals surface area contributed by atoms with E-state index in [4.69, 9.17) is 9.07 Å². The van der Waals surface area contributed by atoms with E-state index in [2.05, 4.69) is 10.0 Å². The zero-order valence-electron chi connectivity index (χ0n) is 19.9. The second-order valence-electron chi connectivity index (χ2n) is 9.54. The van der Waals surface area contributed by atoms with Gasteiger partial charge in [-0.2, -0.15) is 0 Å². The molecule has 8 nitrogen and oxygen atoms in total. The quantitative estimate of drug-likeness (QED) is 0.390. The number of furan rings is 1. The van der Waals surface area contributed by atoms with Crippen molar-refractivity contribution in [1.82, 2.24) is 5.32 Å². The number of hydrogen-bond acceptors (Lipinski definition) is 6. The summed E-state index contributed by atoms with van der Waals surface area (Å²) in [6.07, 6.45) is 3.51. The Labute approximate surface area is 209 Å². The lowest BCUT2D eigenvalue weighted by Gasteiger charge is -2.23. The number of carbonyl (C=O) groups excluding carboxylic acids is 1. The van der Waals surface area contributed by atoms with Crippen LogP contribution in [0.4, 0.5) is 10.1 Å². The molecule has 2 aromatic carbocycles. The van der Waals surface area contributed by atoms with Gasteiger partial charge >= 0.3 is 7.12 Å². The van der Waals surface area contributed by atoms with Crippen molar-refractivity contribution in [3.05, 3.63) is 53.3 Å². The standard InChI is InChI=1S/C25H28BFN2O6S/c1-28-25(30)23-20-12-19(16-2-3-16)21(13-22(20)35-24(23)17-4-6-18(27)7-5-17)29-36(32,33)11-9-15-8-10-26(31)34-14-15/h4-7,12-13,15-16,29,31H,2-3,8-11,14H2,1H3,(H,28,30). The average Bonchev–Trinajstić information content (AvgIpc) is 3.63. The highest BCUT2D eigenvalue weighted by atomic mass is 32.2. The largest absolute Gasteiger partial charge is 0.455 e. The van der Waals surface area contributed by atoms with Crippen molar-refractivity contribution in [1.29, 1.82) is 0 Å². The number of amides is 1. The van der Waals surface area contributed by atoms with Crippen LogP contribution in [0.5, 0.6) is 0 Å². The predicted octanol–water partition coefficient (Wildman–Crippen LogP) is 4.12. The first-order valence-corrected chi connectivity index (χ1v) is 13.8. The van der Waals surface area contributed by atoms with E-state index in [0.29, 0.717) is 52.9 Å². The Morgan fingerprint density at radius 2 is 1.94 bits per heavy atom. The van der Waals surface area contributed by atoms with Crippen LogP contribution in [0.3, 0.4) is 0 Å². The molecule has 0 spiro atoms. The normalized spacial score (nSPS) is 18.4. The lowest BCUT2D eigenvalue weighted by atomic mass is 9.76. The summed E-state index contributed by atoms with van der Waals surface area (Å²) in [6, 6.07) is 9.15. The summed E-state index contributed by atoms with van der Waals surface area (Å²) < 4.78 is 53.5. The molecule has 3 aromatic rings. The molecule has 2 aliphatic rings. The average molecular weight is 514 g/mol. The highest BCUT2D eigenvalue weighted by Gasteiger charge is 2.31. The first-order valence-electron chi connectivity index (χ1n) is 12.1. The number of hydrogen-bond donors (Lipinski definition) is 3. The topological polar surface area (TPSA) is 118 Å². The number of rotatable bonds is 8. The molecule has 1 atom stereocenters. The molecular weight excluding hydrogens is 486 g/mol. The van der Waals surface area contributed by atoms with E-state index in [1.807, 2.05) is 6.07 Å². The van der Waals surface area contributed by atoms with Crippen molar-refractivity contribution >= 4 is 39.7 Å². The third-order valence-electron chi connectivity index (χ3n) is 6.84. The number of fused-ring (bicyclic) bond motifs is 1. The SMILES string of the molecule is CNC(=O)c1c(-c2ccc(F)cc2)oc2cc(NS(=O)(=O)CCC3CCB(O)OC3)c(C3CC3)cc12. The van der Waals surface area contributed by atoms with Crippen LogP contribution in [0, 0.1) is 11.7 Å². The smallest absolute Gasteiger partial charge is 0.454 e. The van der Waals surface area contributed by atoms with E-state index in [0.717, 1.165) is 24.8 Å². The minimum absolute atomic E-state index is 0.0677. The van der Waals surface area contributed by atoms with Gasteiger partial charge in [0.25, 0.3) is 5.91 Å². The predicted molar refractivity (Wildman–Crippen MR) is 136 cm³/mol. The molecule has 1 saturated carbocycles. The molecule has 0 radical (unpaired) electrons. The molecule has 1 aliphatic carbocycles. The van der Waals surface area contributed by atoms with Crippen LogP contribution >= 0.6 is 0 Å². The van der Waals surface area contributed by atoms with Crippen molar-refractivity contribution in [2.75, 3.05) is 24.1 Å². The Hall–Kier alpha value is -2.89. The van der Waals surface area contributed by atoms with Crippen LogP contribution in [-0.4, -0.2) is 45.9 Å². The maximum absolute atomic E-state index is 13.5. The molecule has 1 aromatic heterocycles. The first-order chi connectivity index (χ1) is 17.2. The number of halogens is 1. The lowest BCUT2D eigenvalue weighted by Crippen LogP contribution is -2.30. The molecule has 3 N–H and O–H groups in total. The van der Waals surface area contributed by atoms with Gasteiger partial charge in [0.2, 0.25) is 10.0 Å². The monoisotopic (exact) mass is 514 g/mol. The first kappa shape index (κ1) is 24.8. The summed E-state index contributed by atoms with van der Waals surface area (Å²) in [5.41, 5.74) is 2.51. The summed E-state index contributed by atoms with van der Waals surface area (Å²) in [6.45, 7) is 0.344. The molecule has 190 valence electrons. The minimum Gasteiger partial charge on any atom is -0.455 e. The fraction of sp³-hybridized carbons (Fsp3) is 0.400. The van der Waals surface area contributed by atoms with Gasteiger partial charge in [0.15, 0.2) is 0 Å². The molecule has 5 rings (SSSR count). The summed E-state index contributed by atoms with van der Waals surface area (Å²) in [5, 5.41) is 12.7. The van der Waals surface area contributed by atoms with Gasteiger partial charge in [0.05, 0.1) is 17.0 Å². The van der Waals surface area contributed by atoms with Gasteiger partial charge < -0.3 is 19.4 Å². The highest BCUT2D eigenvalue weighted by molar-refractivity contribution is 7.92. The molecule has 11 heteroatoms. The van der Waals surface area contributed by atoms with Crippen molar-refractivity contribution in [3.63, 3.8) is 0 Å². The summed E-state index contributed by atoms with van der Waals surface area (Å²) >= 11 is 0. The zero-order valence-corrected chi connectivity index (χ0v) is 20.7. The third-order valence-corrected chi connectivity index (χ3v) is 8.15. The Morgan fingerprint density at radius 1 is 1.19 bits per heavy atom. The van der Waals surface area contributed by atoms with Gasteiger partial charge in [-0.3, -0.25) is 9.52 Å². The maximum atomic E-state index is 13.5. The Bertz CT molecular complexity index is 1380. The fourth-order valence-corrected chi connectivity index (χ4v) is 5.95. The molecule has 2 heterocycles. The van der Waals surface area contributed by atoms with Crippen LogP contribution in [0.25, 0.3) is 22.3 Å². The van der Waals surface area contributed by atoms with E-state index < -0.39 is 23.0 Å². The van der Waals surface area contributed by atoms with Gasteiger partial charge in [-0.25, -0.2) is 12.8 Å². The number of anilines is 1.